The highest BCUT2D eigenvalue weighted by atomic mass is 35.5. The highest BCUT2D eigenvalue weighted by molar-refractivity contribution is 6.30. The quantitative estimate of drug-likeness (QED) is 0.794. The lowest BCUT2D eigenvalue weighted by Gasteiger charge is -2.08. The van der Waals surface area contributed by atoms with Crippen LogP contribution in [0.25, 0.3) is 5.69 Å². The average molecular weight is 256 g/mol. The van der Waals surface area contributed by atoms with E-state index in [0.29, 0.717) is 0 Å². The van der Waals surface area contributed by atoms with Gasteiger partial charge in [-0.25, -0.2) is 13.8 Å². The molecule has 2 rings (SSSR count). The zero-order valence-corrected chi connectivity index (χ0v) is 9.16. The maximum absolute atomic E-state index is 13.0. The van der Waals surface area contributed by atoms with Gasteiger partial charge in [-0.2, -0.15) is 0 Å². The van der Waals surface area contributed by atoms with E-state index in [0.717, 1.165) is 16.7 Å². The summed E-state index contributed by atoms with van der Waals surface area (Å²) < 4.78 is 14.0. The predicted molar refractivity (Wildman–Crippen MR) is 62.0 cm³/mol. The third-order valence-corrected chi connectivity index (χ3v) is 2.42. The molecule has 17 heavy (non-hydrogen) atoms. The van der Waals surface area contributed by atoms with Crippen LogP contribution in [0.2, 0.25) is 5.02 Å². The van der Waals surface area contributed by atoms with Crippen molar-refractivity contribution in [2.24, 2.45) is 0 Å². The lowest BCUT2D eigenvalue weighted by molar-refractivity contribution is 0.627. The fourth-order valence-electron chi connectivity index (χ4n) is 1.40. The summed E-state index contributed by atoms with van der Waals surface area (Å²) in [4.78, 5) is 24.6. The molecule has 2 aromatic rings. The lowest BCUT2D eigenvalue weighted by atomic mass is 10.3. The zero-order valence-electron chi connectivity index (χ0n) is 8.41. The molecular formula is C10H7ClFN3O2. The fraction of sp³-hybridized carbons (Fsp3) is 0. The topological polar surface area (TPSA) is 80.9 Å². The average Bonchev–Trinajstić information content (AvgIpc) is 2.21. The van der Waals surface area contributed by atoms with E-state index in [9.17, 15) is 14.0 Å². The molecule has 0 bridgehead atoms. The number of nitrogens with one attached hydrogen (secondary N) is 1. The molecule has 0 aliphatic heterocycles. The Morgan fingerprint density at radius 2 is 2.00 bits per heavy atom. The third kappa shape index (κ3) is 2.07. The Morgan fingerprint density at radius 1 is 1.29 bits per heavy atom. The molecule has 1 heterocycles. The molecule has 88 valence electrons. The normalized spacial score (nSPS) is 10.5. The van der Waals surface area contributed by atoms with Gasteiger partial charge in [-0.15, -0.1) is 0 Å². The van der Waals surface area contributed by atoms with E-state index in [1.54, 1.807) is 0 Å². The van der Waals surface area contributed by atoms with Crippen LogP contribution in [0.4, 0.5) is 10.2 Å². The Balaban J connectivity index is 2.73. The summed E-state index contributed by atoms with van der Waals surface area (Å²) in [6, 6.07) is 4.73. The lowest BCUT2D eigenvalue weighted by Crippen LogP contribution is -2.30. The SMILES string of the molecule is Nc1cc(=O)[nH]c(=O)n1-c1ccc(F)c(Cl)c1. The first-order valence-electron chi connectivity index (χ1n) is 4.56. The van der Waals surface area contributed by atoms with E-state index in [1.165, 1.54) is 12.1 Å². The van der Waals surface area contributed by atoms with E-state index < -0.39 is 17.1 Å². The van der Waals surface area contributed by atoms with Gasteiger partial charge in [0.15, 0.2) is 0 Å². The molecule has 0 amide bonds. The Labute approximate surface area is 99.3 Å². The number of benzene rings is 1. The molecule has 0 radical (unpaired) electrons. The van der Waals surface area contributed by atoms with Crippen molar-refractivity contribution in [3.05, 3.63) is 55.9 Å². The van der Waals surface area contributed by atoms with Crippen LogP contribution in [0.1, 0.15) is 0 Å². The summed E-state index contributed by atoms with van der Waals surface area (Å²) in [5, 5.41) is -0.139. The third-order valence-electron chi connectivity index (χ3n) is 2.13. The first-order chi connectivity index (χ1) is 7.99. The van der Waals surface area contributed by atoms with Gasteiger partial charge in [0.25, 0.3) is 5.56 Å². The summed E-state index contributed by atoms with van der Waals surface area (Å²) in [5.74, 6) is -0.659. The van der Waals surface area contributed by atoms with Crippen LogP contribution < -0.4 is 17.0 Å². The van der Waals surface area contributed by atoms with Gasteiger partial charge in [-0.05, 0) is 18.2 Å². The van der Waals surface area contributed by atoms with Crippen LogP contribution in [0, 0.1) is 5.82 Å². The molecular weight excluding hydrogens is 249 g/mol. The summed E-state index contributed by atoms with van der Waals surface area (Å²) >= 11 is 5.60. The summed E-state index contributed by atoms with van der Waals surface area (Å²) in [5.41, 5.74) is 4.51. The van der Waals surface area contributed by atoms with Crippen LogP contribution in [-0.2, 0) is 0 Å². The molecule has 5 nitrogen and oxygen atoms in total. The molecule has 7 heteroatoms. The molecule has 3 N–H and O–H groups in total. The minimum atomic E-state index is -0.710. The molecule has 0 fully saturated rings. The highest BCUT2D eigenvalue weighted by Crippen LogP contribution is 2.18. The molecule has 1 aromatic heterocycles. The van der Waals surface area contributed by atoms with Crippen molar-refractivity contribution in [1.29, 1.82) is 0 Å². The fourth-order valence-corrected chi connectivity index (χ4v) is 1.58. The number of halogens is 2. The second kappa shape index (κ2) is 4.06. The molecule has 0 aliphatic rings. The van der Waals surface area contributed by atoms with Gasteiger partial charge in [0, 0.05) is 6.07 Å². The van der Waals surface area contributed by atoms with Crippen LogP contribution in [0.15, 0.2) is 33.9 Å². The van der Waals surface area contributed by atoms with Crippen LogP contribution in [0.3, 0.4) is 0 Å². The van der Waals surface area contributed by atoms with Crippen molar-refractivity contribution in [2.45, 2.75) is 0 Å². The summed E-state index contributed by atoms with van der Waals surface area (Å²) in [7, 11) is 0. The van der Waals surface area contributed by atoms with Crippen molar-refractivity contribution >= 4 is 17.4 Å². The first kappa shape index (κ1) is 11.4. The van der Waals surface area contributed by atoms with Gasteiger partial charge in [0.2, 0.25) is 0 Å². The number of H-pyrrole nitrogens is 1. The number of nitrogen functional groups attached to an aromatic ring is 1. The predicted octanol–water partition coefficient (Wildman–Crippen LogP) is 0.900. The number of nitrogens with zero attached hydrogens (tertiary/aromatic N) is 1. The van der Waals surface area contributed by atoms with Crippen molar-refractivity contribution in [3.63, 3.8) is 0 Å². The van der Waals surface area contributed by atoms with Crippen LogP contribution in [0.5, 0.6) is 0 Å². The molecule has 0 saturated heterocycles. The number of aromatic amines is 1. The van der Waals surface area contributed by atoms with E-state index >= 15 is 0 Å². The number of hydrogen-bond donors (Lipinski definition) is 2. The molecule has 1 aromatic carbocycles. The monoisotopic (exact) mass is 255 g/mol. The van der Waals surface area contributed by atoms with E-state index in [4.69, 9.17) is 17.3 Å². The van der Waals surface area contributed by atoms with Gasteiger partial charge in [-0.1, -0.05) is 11.6 Å². The Morgan fingerprint density at radius 3 is 2.59 bits per heavy atom. The van der Waals surface area contributed by atoms with Crippen molar-refractivity contribution in [2.75, 3.05) is 5.73 Å². The van der Waals surface area contributed by atoms with E-state index in [2.05, 4.69) is 0 Å². The van der Waals surface area contributed by atoms with Gasteiger partial charge in [-0.3, -0.25) is 9.78 Å². The smallest absolute Gasteiger partial charge is 0.334 e. The molecule has 0 atom stereocenters. The van der Waals surface area contributed by atoms with E-state index in [-0.39, 0.29) is 16.5 Å². The van der Waals surface area contributed by atoms with Crippen LogP contribution >= 0.6 is 11.6 Å². The number of nitrogens with two attached hydrogens (primary N) is 1. The van der Waals surface area contributed by atoms with Crippen molar-refractivity contribution in [1.82, 2.24) is 9.55 Å². The van der Waals surface area contributed by atoms with Gasteiger partial charge in [0.05, 0.1) is 10.7 Å². The second-order valence-electron chi connectivity index (χ2n) is 3.30. The minimum absolute atomic E-state index is 0.0542. The minimum Gasteiger partial charge on any atom is -0.385 e. The Bertz CT molecular complexity index is 693. The number of hydrogen-bond acceptors (Lipinski definition) is 3. The summed E-state index contributed by atoms with van der Waals surface area (Å²) in [6.07, 6.45) is 0. The number of aromatic nitrogens is 2. The largest absolute Gasteiger partial charge is 0.385 e. The number of rotatable bonds is 1. The Kier molecular flexibility index (Phi) is 2.72. The second-order valence-corrected chi connectivity index (χ2v) is 3.70. The molecule has 0 aliphatic carbocycles. The standard InChI is InChI=1S/C10H7ClFN3O2/c11-6-3-5(1-2-7(6)12)15-8(13)4-9(16)14-10(15)17/h1-4H,13H2,(H,14,16,17). The van der Waals surface area contributed by atoms with Gasteiger partial charge < -0.3 is 5.73 Å². The summed E-state index contributed by atoms with van der Waals surface area (Å²) in [6.45, 7) is 0. The van der Waals surface area contributed by atoms with Crippen molar-refractivity contribution < 1.29 is 4.39 Å². The maximum Gasteiger partial charge on any atom is 0.334 e. The highest BCUT2D eigenvalue weighted by Gasteiger charge is 2.08. The van der Waals surface area contributed by atoms with Crippen molar-refractivity contribution in [3.8, 4) is 5.69 Å². The van der Waals surface area contributed by atoms with Crippen LogP contribution in [-0.4, -0.2) is 9.55 Å². The molecule has 0 saturated carbocycles. The zero-order chi connectivity index (χ0) is 12.6. The van der Waals surface area contributed by atoms with E-state index in [1.807, 2.05) is 4.98 Å². The Hall–Kier alpha value is -2.08. The van der Waals surface area contributed by atoms with Gasteiger partial charge in [0.1, 0.15) is 11.6 Å². The number of anilines is 1. The van der Waals surface area contributed by atoms with Gasteiger partial charge >= 0.3 is 5.69 Å². The maximum atomic E-state index is 13.0. The first-order valence-corrected chi connectivity index (χ1v) is 4.94. The molecule has 0 unspecified atom stereocenters. The molecule has 0 spiro atoms.